The first-order valence-electron chi connectivity index (χ1n) is 14.5. The molecule has 0 spiro atoms. The summed E-state index contributed by atoms with van der Waals surface area (Å²) in [5, 5.41) is 8.51. The van der Waals surface area contributed by atoms with Crippen molar-refractivity contribution in [2.24, 2.45) is 17.8 Å². The number of allylic oxidation sites excluding steroid dienone is 2. The molecule has 2 aliphatic rings. The maximum Gasteiger partial charge on any atom is 0.196 e. The molecule has 2 aliphatic carbocycles. The Morgan fingerprint density at radius 3 is 1.97 bits per heavy atom. The molecule has 2 heteroatoms. The molecule has 0 atom stereocenters. The zero-order valence-electron chi connectivity index (χ0n) is 21.7. The zero-order valence-corrected chi connectivity index (χ0v) is 21.7. The van der Waals surface area contributed by atoms with E-state index in [9.17, 15) is 4.39 Å². The fourth-order valence-corrected chi connectivity index (χ4v) is 6.45. The highest BCUT2D eigenvalue weighted by atomic mass is 19.1. The minimum Gasteiger partial charge on any atom is -0.195 e. The number of nitriles is 1. The highest BCUT2D eigenvalue weighted by Crippen LogP contribution is 2.40. The SMILES string of the molecule is CCCCCCCc1ccc([C@H]2CC[C@H](CC[C@H]3CC[C@H](CC/C=C(\F)C#N)CC3)CC2)cc1. The summed E-state index contributed by atoms with van der Waals surface area (Å²) in [4.78, 5) is 0. The Labute approximate surface area is 209 Å². The van der Waals surface area contributed by atoms with E-state index in [4.69, 9.17) is 5.26 Å². The molecule has 0 amide bonds. The number of rotatable bonds is 13. The number of halogens is 1. The van der Waals surface area contributed by atoms with Crippen LogP contribution < -0.4 is 0 Å². The summed E-state index contributed by atoms with van der Waals surface area (Å²) in [5.41, 5.74) is 3.10. The van der Waals surface area contributed by atoms with Gasteiger partial charge in [-0.05, 0) is 92.2 Å². The van der Waals surface area contributed by atoms with Crippen molar-refractivity contribution in [3.8, 4) is 6.07 Å². The van der Waals surface area contributed by atoms with E-state index in [1.807, 2.05) is 0 Å². The van der Waals surface area contributed by atoms with Crippen LogP contribution in [0.5, 0.6) is 0 Å². The van der Waals surface area contributed by atoms with E-state index in [0.717, 1.165) is 36.5 Å². The summed E-state index contributed by atoms with van der Waals surface area (Å²) in [6, 6.07) is 11.2. The van der Waals surface area contributed by atoms with E-state index in [-0.39, 0.29) is 0 Å². The number of hydrogen-bond donors (Lipinski definition) is 0. The second-order valence-electron chi connectivity index (χ2n) is 11.3. The Morgan fingerprint density at radius 2 is 1.38 bits per heavy atom. The van der Waals surface area contributed by atoms with Crippen LogP contribution in [0.3, 0.4) is 0 Å². The van der Waals surface area contributed by atoms with Crippen LogP contribution in [0.1, 0.15) is 133 Å². The lowest BCUT2D eigenvalue weighted by Gasteiger charge is -2.32. The fraction of sp³-hybridized carbons (Fsp3) is 0.719. The van der Waals surface area contributed by atoms with Crippen molar-refractivity contribution in [1.29, 1.82) is 5.26 Å². The smallest absolute Gasteiger partial charge is 0.195 e. The Balaban J connectivity index is 1.27. The van der Waals surface area contributed by atoms with Crippen LogP contribution >= 0.6 is 0 Å². The summed E-state index contributed by atoms with van der Waals surface area (Å²) in [5.74, 6) is 2.76. The molecule has 1 aromatic carbocycles. The normalized spacial score (nSPS) is 25.7. The standard InChI is InChI=1S/C32H48FN/c1-2-3-4-5-6-8-26-17-21-30(22-18-26)31-23-19-29(20-24-31)16-15-28-13-11-27(12-14-28)9-7-10-32(33)25-34/h10,17-18,21-22,27-29,31H,2-9,11-16,19-20,23-24H2,1H3/b32-10-/t27-,28-,29-,31-. The highest BCUT2D eigenvalue weighted by Gasteiger charge is 2.25. The van der Waals surface area contributed by atoms with E-state index < -0.39 is 5.83 Å². The molecule has 0 heterocycles. The van der Waals surface area contributed by atoms with Crippen LogP contribution in [0.15, 0.2) is 36.2 Å². The molecule has 1 aromatic rings. The molecule has 0 bridgehead atoms. The van der Waals surface area contributed by atoms with Crippen molar-refractivity contribution in [3.63, 3.8) is 0 Å². The van der Waals surface area contributed by atoms with E-state index in [1.165, 1.54) is 114 Å². The van der Waals surface area contributed by atoms with Gasteiger partial charge in [-0.2, -0.15) is 9.65 Å². The Hall–Kier alpha value is -1.62. The molecule has 0 unspecified atom stereocenters. The first-order chi connectivity index (χ1) is 16.7. The average Bonchev–Trinajstić information content (AvgIpc) is 2.88. The molecular weight excluding hydrogens is 417 g/mol. The minimum absolute atomic E-state index is 0.617. The summed E-state index contributed by atoms with van der Waals surface area (Å²) >= 11 is 0. The minimum atomic E-state index is -0.617. The lowest BCUT2D eigenvalue weighted by molar-refractivity contribution is 0.225. The molecule has 0 N–H and O–H groups in total. The van der Waals surface area contributed by atoms with Crippen molar-refractivity contribution in [3.05, 3.63) is 47.3 Å². The van der Waals surface area contributed by atoms with Crippen LogP contribution in [-0.2, 0) is 6.42 Å². The van der Waals surface area contributed by atoms with Crippen LogP contribution in [-0.4, -0.2) is 0 Å². The third kappa shape index (κ3) is 9.56. The third-order valence-corrected chi connectivity index (χ3v) is 8.82. The van der Waals surface area contributed by atoms with Crippen LogP contribution in [0.4, 0.5) is 4.39 Å². The molecule has 3 rings (SSSR count). The molecule has 2 saturated carbocycles. The van der Waals surface area contributed by atoms with E-state index in [2.05, 4.69) is 31.2 Å². The monoisotopic (exact) mass is 465 g/mol. The number of hydrogen-bond acceptors (Lipinski definition) is 1. The van der Waals surface area contributed by atoms with Gasteiger partial charge in [-0.1, -0.05) is 95.4 Å². The summed E-state index contributed by atoms with van der Waals surface area (Å²) < 4.78 is 12.9. The van der Waals surface area contributed by atoms with E-state index >= 15 is 0 Å². The Bertz CT molecular complexity index is 742. The molecule has 0 saturated heterocycles. The lowest BCUT2D eigenvalue weighted by atomic mass is 9.74. The second kappa shape index (κ2) is 15.4. The molecule has 0 radical (unpaired) electrons. The second-order valence-corrected chi connectivity index (χ2v) is 11.3. The number of benzene rings is 1. The van der Waals surface area contributed by atoms with Gasteiger partial charge in [0.05, 0.1) is 0 Å². The first-order valence-corrected chi connectivity index (χ1v) is 14.5. The molecule has 1 nitrogen and oxygen atoms in total. The fourth-order valence-electron chi connectivity index (χ4n) is 6.45. The van der Waals surface area contributed by atoms with Crippen molar-refractivity contribution in [2.75, 3.05) is 0 Å². The van der Waals surface area contributed by atoms with Gasteiger partial charge in [0.1, 0.15) is 6.07 Å². The van der Waals surface area contributed by atoms with Gasteiger partial charge >= 0.3 is 0 Å². The van der Waals surface area contributed by atoms with Gasteiger partial charge in [0.15, 0.2) is 5.83 Å². The molecule has 188 valence electrons. The molecule has 34 heavy (non-hydrogen) atoms. The van der Waals surface area contributed by atoms with Crippen molar-refractivity contribution in [2.45, 2.75) is 128 Å². The van der Waals surface area contributed by atoms with Gasteiger partial charge in [-0.25, -0.2) is 0 Å². The van der Waals surface area contributed by atoms with Crippen LogP contribution in [0.25, 0.3) is 0 Å². The predicted molar refractivity (Wildman–Crippen MR) is 142 cm³/mol. The highest BCUT2D eigenvalue weighted by molar-refractivity contribution is 5.26. The van der Waals surface area contributed by atoms with Gasteiger partial charge in [0, 0.05) is 0 Å². The third-order valence-electron chi connectivity index (χ3n) is 8.82. The maximum atomic E-state index is 12.9. The number of nitrogens with zero attached hydrogens (tertiary/aromatic N) is 1. The zero-order chi connectivity index (χ0) is 24.0. The van der Waals surface area contributed by atoms with Gasteiger partial charge in [-0.3, -0.25) is 0 Å². The number of unbranched alkanes of at least 4 members (excludes halogenated alkanes) is 4. The predicted octanol–water partition coefficient (Wildman–Crippen LogP) is 10.2. The van der Waals surface area contributed by atoms with Gasteiger partial charge < -0.3 is 0 Å². The molecular formula is C32H48FN. The van der Waals surface area contributed by atoms with Gasteiger partial charge in [0.25, 0.3) is 0 Å². The van der Waals surface area contributed by atoms with Gasteiger partial charge in [0.2, 0.25) is 0 Å². The topological polar surface area (TPSA) is 23.8 Å². The average molecular weight is 466 g/mol. The maximum absolute atomic E-state index is 12.9. The number of aryl methyl sites for hydroxylation is 1. The van der Waals surface area contributed by atoms with E-state index in [1.54, 1.807) is 11.6 Å². The molecule has 2 fully saturated rings. The quantitative estimate of drug-likeness (QED) is 0.210. The van der Waals surface area contributed by atoms with Crippen LogP contribution in [0, 0.1) is 29.1 Å². The van der Waals surface area contributed by atoms with Crippen LogP contribution in [0.2, 0.25) is 0 Å². The lowest BCUT2D eigenvalue weighted by Crippen LogP contribution is -2.17. The summed E-state index contributed by atoms with van der Waals surface area (Å²) in [7, 11) is 0. The first kappa shape index (κ1) is 27.0. The van der Waals surface area contributed by atoms with Gasteiger partial charge in [-0.15, -0.1) is 0 Å². The van der Waals surface area contributed by atoms with Crippen molar-refractivity contribution in [1.82, 2.24) is 0 Å². The van der Waals surface area contributed by atoms with E-state index in [0.29, 0.717) is 0 Å². The summed E-state index contributed by atoms with van der Waals surface area (Å²) in [6.45, 7) is 2.28. The largest absolute Gasteiger partial charge is 0.196 e. The van der Waals surface area contributed by atoms with Crippen molar-refractivity contribution >= 4 is 0 Å². The molecule has 0 aromatic heterocycles. The Kier molecular flexibility index (Phi) is 12.2. The molecule has 0 aliphatic heterocycles. The van der Waals surface area contributed by atoms with Crippen molar-refractivity contribution < 1.29 is 4.39 Å². The summed E-state index contributed by atoms with van der Waals surface area (Å²) in [6.07, 6.45) is 25.0. The Morgan fingerprint density at radius 1 is 0.824 bits per heavy atom.